The molecule has 0 spiro atoms. The van der Waals surface area contributed by atoms with E-state index in [1.165, 1.54) is 26.4 Å². The van der Waals surface area contributed by atoms with Crippen molar-refractivity contribution in [2.45, 2.75) is 25.4 Å². The van der Waals surface area contributed by atoms with Gasteiger partial charge in [0, 0.05) is 13.0 Å². The van der Waals surface area contributed by atoms with Gasteiger partial charge >= 0.3 is 0 Å². The predicted octanol–water partition coefficient (Wildman–Crippen LogP) is 2.74. The molecule has 2 amide bonds. The third-order valence-corrected chi connectivity index (χ3v) is 5.33. The molecule has 0 bridgehead atoms. The fourth-order valence-corrected chi connectivity index (χ4v) is 3.51. The van der Waals surface area contributed by atoms with Crippen molar-refractivity contribution in [1.29, 1.82) is 0 Å². The number of rotatable bonds is 10. The molecule has 3 aromatic rings. The van der Waals surface area contributed by atoms with Crippen LogP contribution in [0.2, 0.25) is 0 Å². The Morgan fingerprint density at radius 3 is 2.25 bits per heavy atom. The van der Waals surface area contributed by atoms with E-state index in [9.17, 15) is 14.0 Å². The zero-order chi connectivity index (χ0) is 25.9. The van der Waals surface area contributed by atoms with Gasteiger partial charge in [0.15, 0.2) is 17.5 Å². The van der Waals surface area contributed by atoms with Gasteiger partial charge in [0.25, 0.3) is 0 Å². The third-order valence-electron chi connectivity index (χ3n) is 5.33. The van der Waals surface area contributed by atoms with Gasteiger partial charge in [-0.15, -0.1) is 0 Å². The number of hydrogen-bond donors (Lipinski definition) is 3. The molecular weight excluding hydrogens is 463 g/mol. The molecule has 188 valence electrons. The van der Waals surface area contributed by atoms with Crippen LogP contribution in [0, 0.1) is 5.82 Å². The standard InChI is InChI=1S/C27H29FN4O4/c1-35-23-13-10-20(15-24(23)36-2)16-25(33)32-27(29)31-22(14-18-6-4-3-5-7-18)26(34)30-17-19-8-11-21(28)12-9-19/h3-13,15,22H,14,16-17H2,1-2H3,(H,30,34)(H3,29,31,32,33). The van der Waals surface area contributed by atoms with E-state index in [4.69, 9.17) is 15.2 Å². The maximum Gasteiger partial charge on any atom is 0.245 e. The molecule has 8 nitrogen and oxygen atoms in total. The number of carbonyl (C=O) groups is 2. The summed E-state index contributed by atoms with van der Waals surface area (Å²) in [7, 11) is 3.05. The highest BCUT2D eigenvalue weighted by molar-refractivity contribution is 5.98. The third kappa shape index (κ3) is 7.83. The maximum absolute atomic E-state index is 13.1. The molecule has 0 saturated heterocycles. The summed E-state index contributed by atoms with van der Waals surface area (Å²) in [5.74, 6) is -0.233. The Balaban J connectivity index is 1.68. The van der Waals surface area contributed by atoms with Crippen molar-refractivity contribution in [2.24, 2.45) is 10.7 Å². The quantitative estimate of drug-likeness (QED) is 0.297. The zero-order valence-electron chi connectivity index (χ0n) is 20.2. The minimum absolute atomic E-state index is 0.0245. The van der Waals surface area contributed by atoms with E-state index in [0.717, 1.165) is 11.1 Å². The maximum atomic E-state index is 13.1. The second-order valence-corrected chi connectivity index (χ2v) is 7.98. The number of benzene rings is 3. The van der Waals surface area contributed by atoms with Crippen LogP contribution in [-0.4, -0.2) is 38.0 Å². The monoisotopic (exact) mass is 492 g/mol. The number of halogens is 1. The van der Waals surface area contributed by atoms with Crippen LogP contribution in [0.3, 0.4) is 0 Å². The molecule has 0 aliphatic carbocycles. The Labute approximate surface area is 209 Å². The summed E-state index contributed by atoms with van der Waals surface area (Å²) < 4.78 is 23.6. The Kier molecular flexibility index (Phi) is 9.39. The SMILES string of the molecule is COc1ccc(CC(=O)NC(N)=NC(Cc2ccccc2)C(=O)NCc2ccc(F)cc2)cc1OC. The zero-order valence-corrected chi connectivity index (χ0v) is 20.2. The van der Waals surface area contributed by atoms with Crippen molar-refractivity contribution in [2.75, 3.05) is 14.2 Å². The van der Waals surface area contributed by atoms with Gasteiger partial charge in [0.1, 0.15) is 11.9 Å². The Hall–Kier alpha value is -4.40. The Morgan fingerprint density at radius 2 is 1.58 bits per heavy atom. The van der Waals surface area contributed by atoms with Crippen LogP contribution in [0.5, 0.6) is 11.5 Å². The van der Waals surface area contributed by atoms with Crippen LogP contribution in [0.15, 0.2) is 77.8 Å². The molecule has 1 unspecified atom stereocenters. The van der Waals surface area contributed by atoms with Gasteiger partial charge in [-0.3, -0.25) is 14.9 Å². The molecule has 0 aromatic heterocycles. The largest absolute Gasteiger partial charge is 0.493 e. The van der Waals surface area contributed by atoms with Gasteiger partial charge in [-0.1, -0.05) is 48.5 Å². The minimum atomic E-state index is -0.880. The molecule has 0 aliphatic rings. The number of ether oxygens (including phenoxy) is 2. The smallest absolute Gasteiger partial charge is 0.245 e. The lowest BCUT2D eigenvalue weighted by Gasteiger charge is -2.15. The minimum Gasteiger partial charge on any atom is -0.493 e. The molecule has 0 saturated carbocycles. The topological polar surface area (TPSA) is 115 Å². The number of methoxy groups -OCH3 is 2. The van der Waals surface area contributed by atoms with Gasteiger partial charge in [0.05, 0.1) is 20.6 Å². The van der Waals surface area contributed by atoms with E-state index in [1.54, 1.807) is 30.3 Å². The van der Waals surface area contributed by atoms with Gasteiger partial charge in [-0.25, -0.2) is 9.38 Å². The molecule has 9 heteroatoms. The van der Waals surface area contributed by atoms with E-state index >= 15 is 0 Å². The van der Waals surface area contributed by atoms with Crippen LogP contribution in [0.25, 0.3) is 0 Å². The first-order valence-electron chi connectivity index (χ1n) is 11.3. The highest BCUT2D eigenvalue weighted by atomic mass is 19.1. The van der Waals surface area contributed by atoms with Gasteiger partial charge in [0.2, 0.25) is 11.8 Å². The Bertz CT molecular complexity index is 1200. The normalized spacial score (nSPS) is 11.9. The fraction of sp³-hybridized carbons (Fsp3) is 0.222. The van der Waals surface area contributed by atoms with Crippen LogP contribution in [-0.2, 0) is 29.0 Å². The highest BCUT2D eigenvalue weighted by Crippen LogP contribution is 2.27. The van der Waals surface area contributed by atoms with Crippen LogP contribution >= 0.6 is 0 Å². The molecule has 36 heavy (non-hydrogen) atoms. The lowest BCUT2D eigenvalue weighted by atomic mass is 10.1. The van der Waals surface area contributed by atoms with Crippen molar-refractivity contribution in [3.05, 3.63) is 95.3 Å². The first-order chi connectivity index (χ1) is 17.4. The summed E-state index contributed by atoms with van der Waals surface area (Å²) in [6.45, 7) is 0.200. The molecular formula is C27H29FN4O4. The van der Waals surface area contributed by atoms with Crippen LogP contribution in [0.1, 0.15) is 16.7 Å². The highest BCUT2D eigenvalue weighted by Gasteiger charge is 2.19. The summed E-state index contributed by atoms with van der Waals surface area (Å²) >= 11 is 0. The second kappa shape index (κ2) is 12.9. The van der Waals surface area contributed by atoms with Crippen molar-refractivity contribution in [1.82, 2.24) is 10.6 Å². The van der Waals surface area contributed by atoms with E-state index in [0.29, 0.717) is 17.1 Å². The number of aliphatic imine (C=N–C) groups is 1. The van der Waals surface area contributed by atoms with Crippen molar-refractivity contribution in [3.8, 4) is 11.5 Å². The Morgan fingerprint density at radius 1 is 0.917 bits per heavy atom. The van der Waals surface area contributed by atoms with Crippen LogP contribution < -0.4 is 25.8 Å². The molecule has 3 aromatic carbocycles. The average molecular weight is 493 g/mol. The summed E-state index contributed by atoms with van der Waals surface area (Å²) in [6, 6.07) is 19.5. The number of amides is 2. The summed E-state index contributed by atoms with van der Waals surface area (Å²) in [6.07, 6.45) is 0.305. The van der Waals surface area contributed by atoms with E-state index < -0.39 is 11.9 Å². The fourth-order valence-electron chi connectivity index (χ4n) is 3.51. The van der Waals surface area contributed by atoms with Gasteiger partial charge < -0.3 is 20.5 Å². The lowest BCUT2D eigenvalue weighted by Crippen LogP contribution is -2.42. The number of hydrogen-bond acceptors (Lipinski definition) is 5. The van der Waals surface area contributed by atoms with Crippen LogP contribution in [0.4, 0.5) is 4.39 Å². The molecule has 0 radical (unpaired) electrons. The van der Waals surface area contributed by atoms with Crippen molar-refractivity contribution in [3.63, 3.8) is 0 Å². The summed E-state index contributed by atoms with van der Waals surface area (Å²) in [4.78, 5) is 29.8. The van der Waals surface area contributed by atoms with E-state index in [2.05, 4.69) is 15.6 Å². The molecule has 4 N–H and O–H groups in total. The number of nitrogens with zero attached hydrogens (tertiary/aromatic N) is 1. The summed E-state index contributed by atoms with van der Waals surface area (Å²) in [5.41, 5.74) is 8.31. The van der Waals surface area contributed by atoms with E-state index in [1.807, 2.05) is 30.3 Å². The summed E-state index contributed by atoms with van der Waals surface area (Å²) in [5, 5.41) is 5.34. The molecule has 0 aliphatic heterocycles. The number of nitrogens with two attached hydrogens (primary N) is 1. The predicted molar refractivity (Wildman–Crippen MR) is 135 cm³/mol. The number of nitrogens with one attached hydrogen (secondary N) is 2. The van der Waals surface area contributed by atoms with Gasteiger partial charge in [-0.2, -0.15) is 0 Å². The average Bonchev–Trinajstić information content (AvgIpc) is 2.88. The second-order valence-electron chi connectivity index (χ2n) is 7.98. The molecule has 1 atom stereocenters. The first kappa shape index (κ1) is 26.2. The van der Waals surface area contributed by atoms with Crippen molar-refractivity contribution >= 4 is 17.8 Å². The van der Waals surface area contributed by atoms with Crippen molar-refractivity contribution < 1.29 is 23.5 Å². The molecule has 3 rings (SSSR count). The lowest BCUT2D eigenvalue weighted by molar-refractivity contribution is -0.122. The molecule has 0 fully saturated rings. The number of guanidine groups is 1. The number of carbonyl (C=O) groups excluding carboxylic acids is 2. The molecule has 0 heterocycles. The first-order valence-corrected chi connectivity index (χ1v) is 11.3. The van der Waals surface area contributed by atoms with E-state index in [-0.39, 0.29) is 37.1 Å². The van der Waals surface area contributed by atoms with Gasteiger partial charge in [-0.05, 0) is 41.0 Å².